The molecule has 1 aromatic carbocycles. The number of hydrogen-bond donors (Lipinski definition) is 3. The third-order valence-corrected chi connectivity index (χ3v) is 10.9. The van der Waals surface area contributed by atoms with Crippen molar-refractivity contribution in [2.75, 3.05) is 32.0 Å². The second-order valence-electron chi connectivity index (χ2n) is 14.6. The number of nitrogens with one attached hydrogen (secondary N) is 2. The minimum absolute atomic E-state index is 0.265. The minimum Gasteiger partial charge on any atom is -0.386 e. The molecule has 3 N–H and O–H groups in total. The van der Waals surface area contributed by atoms with E-state index in [9.17, 15) is 23.1 Å². The van der Waals surface area contributed by atoms with Gasteiger partial charge in [0.05, 0.1) is 17.2 Å². The second kappa shape index (κ2) is 12.9. The molecule has 2 saturated carbocycles. The molecule has 11 heteroatoms. The van der Waals surface area contributed by atoms with Crippen LogP contribution in [0.1, 0.15) is 106 Å². The van der Waals surface area contributed by atoms with Crippen molar-refractivity contribution >= 4 is 22.5 Å². The van der Waals surface area contributed by atoms with Crippen molar-refractivity contribution < 1.29 is 23.1 Å². The number of carbonyl (C=O) groups is 1. The maximum Gasteiger partial charge on any atom is 0.433 e. The zero-order chi connectivity index (χ0) is 32.7. The van der Waals surface area contributed by atoms with Gasteiger partial charge in [0.25, 0.3) is 5.91 Å². The summed E-state index contributed by atoms with van der Waals surface area (Å²) in [4.78, 5) is 19.1. The number of piperidine rings is 1. The van der Waals surface area contributed by atoms with Crippen molar-refractivity contribution in [3.8, 4) is 0 Å². The molecule has 3 heterocycles. The number of halogens is 3. The summed E-state index contributed by atoms with van der Waals surface area (Å²) in [7, 11) is 2.32. The quantitative estimate of drug-likeness (QED) is 0.260. The summed E-state index contributed by atoms with van der Waals surface area (Å²) in [5, 5.41) is 22.8. The largest absolute Gasteiger partial charge is 0.433 e. The fraction of sp³-hybridized carbons (Fsp3) is 0.629. The first-order chi connectivity index (χ1) is 21.8. The fourth-order valence-electron chi connectivity index (χ4n) is 8.05. The highest BCUT2D eigenvalue weighted by Crippen LogP contribution is 2.44. The first-order valence-electron chi connectivity index (χ1n) is 16.8. The van der Waals surface area contributed by atoms with E-state index in [1.165, 1.54) is 57.7 Å². The number of amides is 1. The van der Waals surface area contributed by atoms with Crippen LogP contribution in [-0.2, 0) is 11.8 Å². The van der Waals surface area contributed by atoms with Gasteiger partial charge in [-0.2, -0.15) is 18.3 Å². The SMILES string of the molecule is CN(CC1CCC(n2cc3cc(NC(=O)c4cccc(C(F)(F)F)n4)c(C(C)(C)O)cc3n2)CC1)C1CCC2(CCNCC2)CC1. The van der Waals surface area contributed by atoms with Crippen LogP contribution in [0, 0.1) is 11.3 Å². The molecule has 250 valence electrons. The Kier molecular flexibility index (Phi) is 9.21. The number of alkyl halides is 3. The maximum atomic E-state index is 13.2. The van der Waals surface area contributed by atoms with Gasteiger partial charge >= 0.3 is 6.18 Å². The van der Waals surface area contributed by atoms with Gasteiger partial charge in [0.15, 0.2) is 0 Å². The highest BCUT2D eigenvalue weighted by Gasteiger charge is 2.38. The van der Waals surface area contributed by atoms with Crippen molar-refractivity contribution in [2.24, 2.45) is 11.3 Å². The summed E-state index contributed by atoms with van der Waals surface area (Å²) >= 11 is 0. The lowest BCUT2D eigenvalue weighted by Gasteiger charge is -2.45. The molecule has 3 aromatic rings. The molecule has 0 unspecified atom stereocenters. The number of rotatable bonds is 7. The van der Waals surface area contributed by atoms with Gasteiger partial charge in [0.2, 0.25) is 0 Å². The van der Waals surface area contributed by atoms with Gasteiger partial charge < -0.3 is 20.6 Å². The Labute approximate surface area is 269 Å². The van der Waals surface area contributed by atoms with Gasteiger partial charge in [-0.15, -0.1) is 0 Å². The van der Waals surface area contributed by atoms with Crippen LogP contribution in [0.5, 0.6) is 0 Å². The molecule has 1 amide bonds. The Hall–Kier alpha value is -3.02. The fourth-order valence-corrected chi connectivity index (χ4v) is 8.05. The molecule has 2 aliphatic carbocycles. The molecular formula is C35H47F3N6O2. The van der Waals surface area contributed by atoms with E-state index in [-0.39, 0.29) is 11.7 Å². The van der Waals surface area contributed by atoms with Gasteiger partial charge in [0, 0.05) is 35.4 Å². The summed E-state index contributed by atoms with van der Waals surface area (Å²) in [6.07, 6.45) is 9.71. The van der Waals surface area contributed by atoms with Gasteiger partial charge in [-0.3, -0.25) is 9.48 Å². The third kappa shape index (κ3) is 7.26. The molecule has 3 aliphatic rings. The van der Waals surface area contributed by atoms with Crippen LogP contribution < -0.4 is 10.6 Å². The van der Waals surface area contributed by atoms with Crippen molar-refractivity contribution in [3.63, 3.8) is 0 Å². The summed E-state index contributed by atoms with van der Waals surface area (Å²) in [5.74, 6) is -0.111. The summed E-state index contributed by atoms with van der Waals surface area (Å²) < 4.78 is 41.6. The summed E-state index contributed by atoms with van der Waals surface area (Å²) in [6.45, 7) is 6.69. The second-order valence-corrected chi connectivity index (χ2v) is 14.6. The third-order valence-electron chi connectivity index (χ3n) is 10.9. The number of anilines is 1. The topological polar surface area (TPSA) is 95.3 Å². The summed E-state index contributed by atoms with van der Waals surface area (Å²) in [5.41, 5.74) is -0.815. The first kappa shape index (κ1) is 32.9. The van der Waals surface area contributed by atoms with Crippen LogP contribution in [-0.4, -0.2) is 63.4 Å². The number of carbonyl (C=O) groups excluding carboxylic acids is 1. The lowest BCUT2D eigenvalue weighted by atomic mass is 9.67. The Balaban J connectivity index is 1.09. The highest BCUT2D eigenvalue weighted by molar-refractivity contribution is 6.04. The number of aromatic nitrogens is 3. The van der Waals surface area contributed by atoms with Crippen LogP contribution in [0.3, 0.4) is 0 Å². The van der Waals surface area contributed by atoms with Crippen LogP contribution in [0.15, 0.2) is 36.5 Å². The van der Waals surface area contributed by atoms with Crippen molar-refractivity contribution in [1.82, 2.24) is 25.0 Å². The predicted molar refractivity (Wildman–Crippen MR) is 173 cm³/mol. The molecule has 6 rings (SSSR count). The molecule has 0 radical (unpaired) electrons. The average Bonchev–Trinajstić information content (AvgIpc) is 3.44. The highest BCUT2D eigenvalue weighted by atomic mass is 19.4. The van der Waals surface area contributed by atoms with E-state index in [0.29, 0.717) is 34.1 Å². The van der Waals surface area contributed by atoms with E-state index < -0.39 is 23.4 Å². The van der Waals surface area contributed by atoms with E-state index in [1.807, 2.05) is 10.9 Å². The normalized spacial score (nSPS) is 22.9. The van der Waals surface area contributed by atoms with Crippen molar-refractivity contribution in [1.29, 1.82) is 0 Å². The molecule has 2 aromatic heterocycles. The number of benzene rings is 1. The first-order valence-corrected chi connectivity index (χ1v) is 16.8. The van der Waals surface area contributed by atoms with E-state index >= 15 is 0 Å². The van der Waals surface area contributed by atoms with Gasteiger partial charge in [-0.05, 0) is 134 Å². The molecular weight excluding hydrogens is 593 g/mol. The Morgan fingerprint density at radius 2 is 1.76 bits per heavy atom. The number of hydrogen-bond acceptors (Lipinski definition) is 6. The zero-order valence-electron chi connectivity index (χ0n) is 27.2. The van der Waals surface area contributed by atoms with Crippen molar-refractivity contribution in [2.45, 2.75) is 102 Å². The van der Waals surface area contributed by atoms with Gasteiger partial charge in [-0.25, -0.2) is 4.98 Å². The zero-order valence-corrected chi connectivity index (χ0v) is 27.2. The Morgan fingerprint density at radius 1 is 1.07 bits per heavy atom. The number of fused-ring (bicyclic) bond motifs is 1. The lowest BCUT2D eigenvalue weighted by Crippen LogP contribution is -2.44. The van der Waals surface area contributed by atoms with Crippen molar-refractivity contribution in [3.05, 3.63) is 53.5 Å². The molecule has 1 saturated heterocycles. The van der Waals surface area contributed by atoms with E-state index in [0.717, 1.165) is 49.7 Å². The molecule has 1 spiro atoms. The molecule has 0 atom stereocenters. The van der Waals surface area contributed by atoms with Crippen LogP contribution in [0.4, 0.5) is 18.9 Å². The molecule has 3 fully saturated rings. The van der Waals surface area contributed by atoms with Gasteiger partial charge in [0.1, 0.15) is 11.4 Å². The minimum atomic E-state index is -4.66. The number of pyridine rings is 1. The Morgan fingerprint density at radius 3 is 2.41 bits per heavy atom. The average molecular weight is 641 g/mol. The molecule has 0 bridgehead atoms. The maximum absolute atomic E-state index is 13.2. The smallest absolute Gasteiger partial charge is 0.386 e. The van der Waals surface area contributed by atoms with Crippen LogP contribution in [0.25, 0.3) is 10.9 Å². The van der Waals surface area contributed by atoms with E-state index in [4.69, 9.17) is 5.10 Å². The summed E-state index contributed by atoms with van der Waals surface area (Å²) in [6, 6.07) is 7.65. The lowest BCUT2D eigenvalue weighted by molar-refractivity contribution is -0.141. The van der Waals surface area contributed by atoms with Crippen LogP contribution >= 0.6 is 0 Å². The van der Waals surface area contributed by atoms with Crippen LogP contribution in [0.2, 0.25) is 0 Å². The Bertz CT molecular complexity index is 1520. The van der Waals surface area contributed by atoms with Gasteiger partial charge in [-0.1, -0.05) is 6.07 Å². The number of nitrogens with zero attached hydrogens (tertiary/aromatic N) is 4. The molecule has 46 heavy (non-hydrogen) atoms. The molecule has 8 nitrogen and oxygen atoms in total. The standard InChI is InChI=1S/C35H47F3N6O2/c1-33(2,46)27-20-29-24(19-30(27)41-32(45)28-5-4-6-31(40-28)35(36,37)38)22-44(42-29)26-9-7-23(8-10-26)21-43(3)25-11-13-34(14-12-25)15-17-39-18-16-34/h4-6,19-20,22-23,25-26,39,46H,7-18,21H2,1-3H3,(H,41,45). The van der Waals surface area contributed by atoms with E-state index in [2.05, 4.69) is 27.6 Å². The monoisotopic (exact) mass is 640 g/mol. The molecule has 1 aliphatic heterocycles. The van der Waals surface area contributed by atoms with E-state index in [1.54, 1.807) is 26.0 Å². The predicted octanol–water partition coefficient (Wildman–Crippen LogP) is 6.91. The number of aliphatic hydroxyl groups is 1.